The zero-order chi connectivity index (χ0) is 12.3. The first kappa shape index (κ1) is 12.6. The monoisotopic (exact) mass is 237 g/mol. The summed E-state index contributed by atoms with van der Waals surface area (Å²) in [7, 11) is 0. The summed E-state index contributed by atoms with van der Waals surface area (Å²) in [5, 5.41) is 7.53. The van der Waals surface area contributed by atoms with Gasteiger partial charge < -0.3 is 9.84 Å². The topological polar surface area (TPSA) is 51.0 Å². The van der Waals surface area contributed by atoms with E-state index in [4.69, 9.17) is 4.52 Å². The number of rotatable bonds is 5. The number of aromatic nitrogens is 2. The highest BCUT2D eigenvalue weighted by molar-refractivity contribution is 5.10. The van der Waals surface area contributed by atoms with Crippen molar-refractivity contribution < 1.29 is 4.52 Å². The molecule has 0 radical (unpaired) electrons. The Hall–Kier alpha value is -0.900. The van der Waals surface area contributed by atoms with E-state index < -0.39 is 0 Å². The normalized spacial score (nSPS) is 24.7. The number of nitrogens with one attached hydrogen (secondary N) is 1. The summed E-state index contributed by atoms with van der Waals surface area (Å²) in [6, 6.07) is 0. The summed E-state index contributed by atoms with van der Waals surface area (Å²) in [5.74, 6) is 2.28. The van der Waals surface area contributed by atoms with E-state index in [2.05, 4.69) is 36.2 Å². The third kappa shape index (κ3) is 2.68. The van der Waals surface area contributed by atoms with E-state index in [1.165, 1.54) is 0 Å². The van der Waals surface area contributed by atoms with Gasteiger partial charge in [-0.1, -0.05) is 32.3 Å². The number of hydrogen-bond donors (Lipinski definition) is 1. The van der Waals surface area contributed by atoms with E-state index in [0.29, 0.717) is 5.92 Å². The SMILES string of the molecule is CCCC1(c2nc(CC(C)C)no2)CCNC1. The zero-order valence-corrected chi connectivity index (χ0v) is 11.1. The van der Waals surface area contributed by atoms with Gasteiger partial charge in [0.2, 0.25) is 5.89 Å². The molecule has 0 saturated carbocycles. The quantitative estimate of drug-likeness (QED) is 0.853. The Morgan fingerprint density at radius 1 is 1.47 bits per heavy atom. The van der Waals surface area contributed by atoms with Crippen molar-refractivity contribution in [3.8, 4) is 0 Å². The number of nitrogens with zero attached hydrogens (tertiary/aromatic N) is 2. The van der Waals surface area contributed by atoms with E-state index >= 15 is 0 Å². The van der Waals surface area contributed by atoms with E-state index in [1.807, 2.05) is 0 Å². The third-order valence-corrected chi connectivity index (χ3v) is 3.48. The molecule has 1 fully saturated rings. The molecule has 1 aliphatic heterocycles. The van der Waals surface area contributed by atoms with Crippen LogP contribution in [0.1, 0.15) is 51.7 Å². The predicted octanol–water partition coefficient (Wildman–Crippen LogP) is 2.30. The fraction of sp³-hybridized carbons (Fsp3) is 0.846. The highest BCUT2D eigenvalue weighted by Crippen LogP contribution is 2.34. The lowest BCUT2D eigenvalue weighted by molar-refractivity contribution is 0.275. The van der Waals surface area contributed by atoms with Crippen molar-refractivity contribution in [2.24, 2.45) is 5.92 Å². The van der Waals surface area contributed by atoms with Gasteiger partial charge >= 0.3 is 0 Å². The Balaban J connectivity index is 2.16. The average molecular weight is 237 g/mol. The lowest BCUT2D eigenvalue weighted by atomic mass is 9.82. The minimum Gasteiger partial charge on any atom is -0.339 e. The molecule has 2 rings (SSSR count). The Labute approximate surface area is 103 Å². The van der Waals surface area contributed by atoms with Gasteiger partial charge in [0.15, 0.2) is 5.82 Å². The highest BCUT2D eigenvalue weighted by Gasteiger charge is 2.39. The summed E-state index contributed by atoms with van der Waals surface area (Å²) < 4.78 is 5.50. The largest absolute Gasteiger partial charge is 0.339 e. The molecular formula is C13H23N3O. The lowest BCUT2D eigenvalue weighted by Crippen LogP contribution is -2.29. The molecule has 1 saturated heterocycles. The van der Waals surface area contributed by atoms with Crippen LogP contribution in [0.3, 0.4) is 0 Å². The molecule has 1 aliphatic rings. The van der Waals surface area contributed by atoms with E-state index in [9.17, 15) is 0 Å². The van der Waals surface area contributed by atoms with Gasteiger partial charge in [0.05, 0.1) is 5.41 Å². The van der Waals surface area contributed by atoms with Crippen LogP contribution in [0.5, 0.6) is 0 Å². The smallest absolute Gasteiger partial charge is 0.234 e. The standard InChI is InChI=1S/C13H23N3O/c1-4-5-13(6-7-14-9-13)12-15-11(16-17-12)8-10(2)3/h10,14H,4-9H2,1-3H3. The Bertz CT molecular complexity index is 353. The first-order valence-electron chi connectivity index (χ1n) is 6.70. The maximum absolute atomic E-state index is 5.50. The summed E-state index contributed by atoms with van der Waals surface area (Å²) in [4.78, 5) is 4.61. The Kier molecular flexibility index (Phi) is 3.82. The van der Waals surface area contributed by atoms with Gasteiger partial charge in [-0.2, -0.15) is 4.98 Å². The third-order valence-electron chi connectivity index (χ3n) is 3.48. The molecule has 1 unspecified atom stereocenters. The van der Waals surface area contributed by atoms with E-state index in [0.717, 1.165) is 50.5 Å². The molecule has 0 aliphatic carbocycles. The molecule has 17 heavy (non-hydrogen) atoms. The summed E-state index contributed by atoms with van der Waals surface area (Å²) in [6.45, 7) is 8.60. The maximum Gasteiger partial charge on any atom is 0.234 e. The van der Waals surface area contributed by atoms with E-state index in [1.54, 1.807) is 0 Å². The Morgan fingerprint density at radius 2 is 2.29 bits per heavy atom. The molecule has 0 bridgehead atoms. The van der Waals surface area contributed by atoms with Crippen LogP contribution in [0.15, 0.2) is 4.52 Å². The van der Waals surface area contributed by atoms with Crippen LogP contribution < -0.4 is 5.32 Å². The second kappa shape index (κ2) is 5.17. The van der Waals surface area contributed by atoms with Gasteiger partial charge in [-0.15, -0.1) is 0 Å². The van der Waals surface area contributed by atoms with Crippen molar-refractivity contribution in [1.29, 1.82) is 0 Å². The summed E-state index contributed by atoms with van der Waals surface area (Å²) in [6.07, 6.45) is 4.30. The van der Waals surface area contributed by atoms with Crippen LogP contribution in [-0.4, -0.2) is 23.2 Å². The van der Waals surface area contributed by atoms with Crippen LogP contribution in [-0.2, 0) is 11.8 Å². The molecule has 4 heteroatoms. The van der Waals surface area contributed by atoms with Gasteiger partial charge in [-0.25, -0.2) is 0 Å². The summed E-state index contributed by atoms with van der Waals surface area (Å²) >= 11 is 0. The Morgan fingerprint density at radius 3 is 2.88 bits per heavy atom. The molecule has 1 N–H and O–H groups in total. The molecule has 2 heterocycles. The van der Waals surface area contributed by atoms with Crippen molar-refractivity contribution in [2.75, 3.05) is 13.1 Å². The second-order valence-corrected chi connectivity index (χ2v) is 5.57. The predicted molar refractivity (Wildman–Crippen MR) is 66.9 cm³/mol. The van der Waals surface area contributed by atoms with Crippen LogP contribution in [0.25, 0.3) is 0 Å². The molecule has 96 valence electrons. The van der Waals surface area contributed by atoms with Gasteiger partial charge in [0, 0.05) is 13.0 Å². The van der Waals surface area contributed by atoms with Crippen molar-refractivity contribution in [3.05, 3.63) is 11.7 Å². The molecule has 0 spiro atoms. The molecule has 1 atom stereocenters. The van der Waals surface area contributed by atoms with Crippen LogP contribution in [0, 0.1) is 5.92 Å². The molecule has 0 aromatic carbocycles. The minimum absolute atomic E-state index is 0.0942. The fourth-order valence-corrected chi connectivity index (χ4v) is 2.64. The van der Waals surface area contributed by atoms with Crippen LogP contribution >= 0.6 is 0 Å². The summed E-state index contributed by atoms with van der Waals surface area (Å²) in [5.41, 5.74) is 0.0942. The number of hydrogen-bond acceptors (Lipinski definition) is 4. The lowest BCUT2D eigenvalue weighted by Gasteiger charge is -2.22. The van der Waals surface area contributed by atoms with Crippen LogP contribution in [0.2, 0.25) is 0 Å². The van der Waals surface area contributed by atoms with Gasteiger partial charge in [0.25, 0.3) is 0 Å². The van der Waals surface area contributed by atoms with Crippen molar-refractivity contribution >= 4 is 0 Å². The molecule has 1 aromatic rings. The molecular weight excluding hydrogens is 214 g/mol. The zero-order valence-electron chi connectivity index (χ0n) is 11.1. The average Bonchev–Trinajstić information content (AvgIpc) is 2.87. The van der Waals surface area contributed by atoms with Crippen molar-refractivity contribution in [1.82, 2.24) is 15.5 Å². The fourth-order valence-electron chi connectivity index (χ4n) is 2.64. The van der Waals surface area contributed by atoms with Crippen molar-refractivity contribution in [3.63, 3.8) is 0 Å². The molecule has 4 nitrogen and oxygen atoms in total. The van der Waals surface area contributed by atoms with Crippen molar-refractivity contribution in [2.45, 2.75) is 51.9 Å². The van der Waals surface area contributed by atoms with Gasteiger partial charge in [-0.05, 0) is 25.3 Å². The maximum atomic E-state index is 5.50. The van der Waals surface area contributed by atoms with Gasteiger partial charge in [-0.3, -0.25) is 0 Å². The molecule has 1 aromatic heterocycles. The first-order chi connectivity index (χ1) is 8.16. The second-order valence-electron chi connectivity index (χ2n) is 5.57. The highest BCUT2D eigenvalue weighted by atomic mass is 16.5. The minimum atomic E-state index is 0.0942. The van der Waals surface area contributed by atoms with Crippen LogP contribution in [0.4, 0.5) is 0 Å². The van der Waals surface area contributed by atoms with Gasteiger partial charge in [0.1, 0.15) is 0 Å². The molecule has 0 amide bonds. The first-order valence-corrected chi connectivity index (χ1v) is 6.70. The van der Waals surface area contributed by atoms with E-state index in [-0.39, 0.29) is 5.41 Å².